The highest BCUT2D eigenvalue weighted by Crippen LogP contribution is 2.33. The van der Waals surface area contributed by atoms with Crippen molar-refractivity contribution in [1.29, 1.82) is 0 Å². The molecule has 0 bridgehead atoms. The van der Waals surface area contributed by atoms with E-state index in [4.69, 9.17) is 0 Å². The summed E-state index contributed by atoms with van der Waals surface area (Å²) in [5.41, 5.74) is 3.12. The van der Waals surface area contributed by atoms with E-state index in [1.54, 1.807) is 24.3 Å². The zero-order chi connectivity index (χ0) is 17.6. The van der Waals surface area contributed by atoms with Crippen molar-refractivity contribution < 1.29 is 12.8 Å². The highest BCUT2D eigenvalue weighted by Gasteiger charge is 2.28. The fourth-order valence-electron chi connectivity index (χ4n) is 3.50. The van der Waals surface area contributed by atoms with E-state index in [9.17, 15) is 12.8 Å². The minimum absolute atomic E-state index is 0.166. The molecular formula is C18H18FN3O2S. The third-order valence-electron chi connectivity index (χ3n) is 4.65. The molecule has 0 aromatic heterocycles. The van der Waals surface area contributed by atoms with Crippen molar-refractivity contribution in [1.82, 2.24) is 0 Å². The van der Waals surface area contributed by atoms with Crippen LogP contribution in [0.4, 0.5) is 15.8 Å². The minimum atomic E-state index is -3.73. The van der Waals surface area contributed by atoms with Gasteiger partial charge in [-0.1, -0.05) is 18.2 Å². The summed E-state index contributed by atoms with van der Waals surface area (Å²) in [4.78, 5) is 2.04. The maximum atomic E-state index is 14.4. The average Bonchev–Trinajstić information content (AvgIpc) is 2.58. The summed E-state index contributed by atoms with van der Waals surface area (Å²) in [6.07, 6.45) is 1.73. The molecule has 2 heterocycles. The lowest BCUT2D eigenvalue weighted by atomic mass is 9.96. The summed E-state index contributed by atoms with van der Waals surface area (Å²) < 4.78 is 43.1. The van der Waals surface area contributed by atoms with Crippen LogP contribution < -0.4 is 10.2 Å². The first-order valence-electron chi connectivity index (χ1n) is 8.18. The van der Waals surface area contributed by atoms with Gasteiger partial charge in [0.25, 0.3) is 10.0 Å². The Morgan fingerprint density at radius 2 is 2.04 bits per heavy atom. The summed E-state index contributed by atoms with van der Waals surface area (Å²) in [6, 6.07) is 9.91. The average molecular weight is 359 g/mol. The number of amidine groups is 1. The van der Waals surface area contributed by atoms with Gasteiger partial charge in [-0.05, 0) is 49.1 Å². The van der Waals surface area contributed by atoms with Crippen molar-refractivity contribution in [2.24, 2.45) is 4.40 Å². The van der Waals surface area contributed by atoms with Gasteiger partial charge in [0.05, 0.1) is 17.9 Å². The first-order valence-corrected chi connectivity index (χ1v) is 9.62. The number of hydrogen-bond acceptors (Lipinski definition) is 4. The van der Waals surface area contributed by atoms with Crippen molar-refractivity contribution in [3.05, 3.63) is 53.3 Å². The fraction of sp³-hybridized carbons (Fsp3) is 0.278. The molecule has 7 heteroatoms. The number of nitrogens with zero attached hydrogens (tertiary/aromatic N) is 2. The molecule has 0 amide bonds. The molecule has 25 heavy (non-hydrogen) atoms. The molecule has 0 spiro atoms. The van der Waals surface area contributed by atoms with E-state index < -0.39 is 10.0 Å². The highest BCUT2D eigenvalue weighted by molar-refractivity contribution is 7.90. The molecule has 0 atom stereocenters. The molecule has 130 valence electrons. The van der Waals surface area contributed by atoms with Gasteiger partial charge in [-0.3, -0.25) is 0 Å². The van der Waals surface area contributed by atoms with Gasteiger partial charge in [-0.2, -0.15) is 8.42 Å². The van der Waals surface area contributed by atoms with E-state index in [0.717, 1.165) is 24.0 Å². The van der Waals surface area contributed by atoms with Crippen LogP contribution in [-0.2, 0) is 16.4 Å². The van der Waals surface area contributed by atoms with Gasteiger partial charge in [0.2, 0.25) is 0 Å². The number of hydrogen-bond donors (Lipinski definition) is 1. The van der Waals surface area contributed by atoms with Crippen molar-refractivity contribution in [2.75, 3.05) is 23.3 Å². The standard InChI is InChI=1S/C18H18FN3O2S/c1-12-8-9-14(19)18-13(12)5-4-10-22(18)11-17-20-15-6-2-3-7-16(15)25(23,24)21-17/h2-3,6-9H,4-5,10-11H2,1H3,(H,20,21). The van der Waals surface area contributed by atoms with Crippen molar-refractivity contribution >= 4 is 27.2 Å². The van der Waals surface area contributed by atoms with Crippen LogP contribution in [0.2, 0.25) is 0 Å². The molecule has 0 saturated heterocycles. The molecule has 0 radical (unpaired) electrons. The van der Waals surface area contributed by atoms with Crippen LogP contribution in [0.25, 0.3) is 0 Å². The van der Waals surface area contributed by atoms with Gasteiger partial charge < -0.3 is 10.2 Å². The van der Waals surface area contributed by atoms with E-state index in [2.05, 4.69) is 9.71 Å². The summed E-state index contributed by atoms with van der Waals surface area (Å²) in [6.45, 7) is 2.86. The topological polar surface area (TPSA) is 61.8 Å². The zero-order valence-corrected chi connectivity index (χ0v) is 14.6. The second kappa shape index (κ2) is 5.84. The van der Waals surface area contributed by atoms with Gasteiger partial charge >= 0.3 is 0 Å². The third-order valence-corrected chi connectivity index (χ3v) is 6.03. The quantitative estimate of drug-likeness (QED) is 0.895. The maximum absolute atomic E-state index is 14.4. The fourth-order valence-corrected chi connectivity index (χ4v) is 4.64. The van der Waals surface area contributed by atoms with E-state index in [-0.39, 0.29) is 17.3 Å². The molecule has 0 unspecified atom stereocenters. The number of fused-ring (bicyclic) bond motifs is 2. The van der Waals surface area contributed by atoms with Crippen LogP contribution in [0.5, 0.6) is 0 Å². The summed E-state index contributed by atoms with van der Waals surface area (Å²) in [5, 5.41) is 3.07. The number of benzene rings is 2. The molecule has 0 aliphatic carbocycles. The molecule has 2 aromatic rings. The predicted molar refractivity (Wildman–Crippen MR) is 96.4 cm³/mol. The van der Waals surface area contributed by atoms with Gasteiger partial charge in [0.1, 0.15) is 16.5 Å². The van der Waals surface area contributed by atoms with Crippen molar-refractivity contribution in [2.45, 2.75) is 24.7 Å². The number of rotatable bonds is 2. The Kier molecular flexibility index (Phi) is 3.76. The first kappa shape index (κ1) is 16.1. The van der Waals surface area contributed by atoms with Crippen LogP contribution in [-0.4, -0.2) is 27.3 Å². The predicted octanol–water partition coefficient (Wildman–Crippen LogP) is 3.10. The molecule has 0 saturated carbocycles. The number of halogens is 1. The summed E-state index contributed by atoms with van der Waals surface area (Å²) >= 11 is 0. The SMILES string of the molecule is Cc1ccc(F)c2c1CCCN2CC1=NS(=O)(=O)c2ccccc2N1. The third kappa shape index (κ3) is 2.78. The Hall–Kier alpha value is -2.41. The number of anilines is 2. The van der Waals surface area contributed by atoms with Crippen LogP contribution in [0.1, 0.15) is 17.5 Å². The molecule has 2 aromatic carbocycles. The lowest BCUT2D eigenvalue weighted by molar-refractivity contribution is 0.597. The number of nitrogens with one attached hydrogen (secondary N) is 1. The van der Waals surface area contributed by atoms with Gasteiger partial charge in [-0.15, -0.1) is 4.40 Å². The number of aryl methyl sites for hydroxylation is 1. The minimum Gasteiger partial charge on any atom is -0.361 e. The van der Waals surface area contributed by atoms with E-state index in [1.165, 1.54) is 12.1 Å². The molecule has 5 nitrogen and oxygen atoms in total. The molecule has 2 aliphatic rings. The first-order chi connectivity index (χ1) is 12.0. The monoisotopic (exact) mass is 359 g/mol. The van der Waals surface area contributed by atoms with Gasteiger partial charge in [0.15, 0.2) is 0 Å². The zero-order valence-electron chi connectivity index (χ0n) is 13.8. The molecule has 1 N–H and O–H groups in total. The molecule has 2 aliphatic heterocycles. The van der Waals surface area contributed by atoms with Crippen molar-refractivity contribution in [3.8, 4) is 0 Å². The smallest absolute Gasteiger partial charge is 0.286 e. The Balaban J connectivity index is 1.70. The van der Waals surface area contributed by atoms with Crippen LogP contribution in [0, 0.1) is 12.7 Å². The second-order valence-electron chi connectivity index (χ2n) is 6.35. The maximum Gasteiger partial charge on any atom is 0.286 e. The molecular weight excluding hydrogens is 341 g/mol. The Morgan fingerprint density at radius 1 is 1.24 bits per heavy atom. The Labute approximate surface area is 146 Å². The lowest BCUT2D eigenvalue weighted by Gasteiger charge is -2.33. The lowest BCUT2D eigenvalue weighted by Crippen LogP contribution is -2.39. The van der Waals surface area contributed by atoms with Crippen molar-refractivity contribution in [3.63, 3.8) is 0 Å². The summed E-state index contributed by atoms with van der Waals surface area (Å²) in [5.74, 6) is 0.0347. The Morgan fingerprint density at radius 3 is 2.88 bits per heavy atom. The van der Waals surface area contributed by atoms with Crippen LogP contribution in [0.15, 0.2) is 45.7 Å². The molecule has 0 fully saturated rings. The van der Waals surface area contributed by atoms with E-state index >= 15 is 0 Å². The van der Waals surface area contributed by atoms with E-state index in [1.807, 2.05) is 11.8 Å². The Bertz CT molecular complexity index is 986. The largest absolute Gasteiger partial charge is 0.361 e. The van der Waals surface area contributed by atoms with Crippen LogP contribution in [0.3, 0.4) is 0 Å². The van der Waals surface area contributed by atoms with Crippen LogP contribution >= 0.6 is 0 Å². The van der Waals surface area contributed by atoms with E-state index in [0.29, 0.717) is 23.8 Å². The van der Waals surface area contributed by atoms with Gasteiger partial charge in [-0.25, -0.2) is 4.39 Å². The highest BCUT2D eigenvalue weighted by atomic mass is 32.2. The number of para-hydroxylation sites is 1. The second-order valence-corrected chi connectivity index (χ2v) is 7.92. The molecule has 4 rings (SSSR count). The summed E-state index contributed by atoms with van der Waals surface area (Å²) in [7, 11) is -3.73. The normalized spacial score (nSPS) is 18.0. The number of sulfonamides is 1. The van der Waals surface area contributed by atoms with Gasteiger partial charge in [0, 0.05) is 6.54 Å².